The lowest BCUT2D eigenvalue weighted by Gasteiger charge is -2.15. The molecule has 0 unspecified atom stereocenters. The highest BCUT2D eigenvalue weighted by atomic mass is 35.5. The third-order valence-electron chi connectivity index (χ3n) is 4.55. The van der Waals surface area contributed by atoms with Gasteiger partial charge in [-0.25, -0.2) is 4.79 Å². The highest BCUT2D eigenvalue weighted by Crippen LogP contribution is 2.39. The minimum Gasteiger partial charge on any atom is -0.478 e. The fourth-order valence-corrected chi connectivity index (χ4v) is 3.27. The molecule has 0 spiro atoms. The first-order valence-electron chi connectivity index (χ1n) is 9.07. The molecular formula is C25H17ClO3. The molecule has 4 heteroatoms. The summed E-state index contributed by atoms with van der Waals surface area (Å²) in [5.74, 6) is 0.456. The first-order valence-corrected chi connectivity index (χ1v) is 9.44. The highest BCUT2D eigenvalue weighted by molar-refractivity contribution is 6.30. The molecule has 0 aliphatic rings. The van der Waals surface area contributed by atoms with Crippen LogP contribution < -0.4 is 4.74 Å². The van der Waals surface area contributed by atoms with Gasteiger partial charge in [0.2, 0.25) is 0 Å². The summed E-state index contributed by atoms with van der Waals surface area (Å²) < 4.78 is 6.31. The predicted molar refractivity (Wildman–Crippen MR) is 118 cm³/mol. The summed E-state index contributed by atoms with van der Waals surface area (Å²) in [6.45, 7) is 0. The summed E-state index contributed by atoms with van der Waals surface area (Å²) in [5, 5.41) is 11.5. The fraction of sp³-hybridized carbons (Fsp3) is 0. The summed E-state index contributed by atoms with van der Waals surface area (Å²) in [6.07, 6.45) is 2.66. The highest BCUT2D eigenvalue weighted by Gasteiger charge is 2.12. The Morgan fingerprint density at radius 2 is 1.59 bits per heavy atom. The number of carboxylic acids is 1. The number of hydrogen-bond acceptors (Lipinski definition) is 2. The average molecular weight is 401 g/mol. The summed E-state index contributed by atoms with van der Waals surface area (Å²) >= 11 is 6.05. The van der Waals surface area contributed by atoms with Gasteiger partial charge in [-0.2, -0.15) is 0 Å². The van der Waals surface area contributed by atoms with Crippen LogP contribution in [0.1, 0.15) is 5.56 Å². The third-order valence-corrected chi connectivity index (χ3v) is 4.81. The topological polar surface area (TPSA) is 46.5 Å². The molecule has 0 atom stereocenters. The van der Waals surface area contributed by atoms with Gasteiger partial charge in [0, 0.05) is 22.0 Å². The van der Waals surface area contributed by atoms with E-state index in [9.17, 15) is 4.79 Å². The van der Waals surface area contributed by atoms with Crippen molar-refractivity contribution in [3.8, 4) is 22.6 Å². The number of carbonyl (C=O) groups is 1. The zero-order chi connectivity index (χ0) is 20.2. The lowest BCUT2D eigenvalue weighted by Crippen LogP contribution is -1.91. The van der Waals surface area contributed by atoms with E-state index in [1.54, 1.807) is 6.08 Å². The Balaban J connectivity index is 1.76. The van der Waals surface area contributed by atoms with Crippen molar-refractivity contribution in [3.05, 3.63) is 102 Å². The molecule has 0 fully saturated rings. The summed E-state index contributed by atoms with van der Waals surface area (Å²) in [7, 11) is 0. The Bertz CT molecular complexity index is 1190. The van der Waals surface area contributed by atoms with E-state index < -0.39 is 5.97 Å². The monoisotopic (exact) mass is 400 g/mol. The summed E-state index contributed by atoms with van der Waals surface area (Å²) in [4.78, 5) is 10.7. The first-order chi connectivity index (χ1) is 14.1. The van der Waals surface area contributed by atoms with Crippen molar-refractivity contribution in [1.82, 2.24) is 0 Å². The zero-order valence-corrected chi connectivity index (χ0v) is 16.1. The van der Waals surface area contributed by atoms with Gasteiger partial charge in [-0.05, 0) is 52.9 Å². The Kier molecular flexibility index (Phi) is 5.32. The molecule has 0 radical (unpaired) electrons. The molecule has 4 aromatic carbocycles. The van der Waals surface area contributed by atoms with Crippen LogP contribution >= 0.6 is 11.6 Å². The number of carboxylic acid groups (broad SMARTS) is 1. The average Bonchev–Trinajstić information content (AvgIpc) is 2.74. The standard InChI is InChI=1S/C25H17ClO3/c26-20-11-8-19(9-12-20)23-15-10-18-3-1-2-4-22(18)25(23)29-21-13-5-17(6-14-21)7-16-24(27)28/h1-16H,(H,27,28). The molecule has 0 saturated heterocycles. The van der Waals surface area contributed by atoms with Crippen molar-refractivity contribution in [3.63, 3.8) is 0 Å². The van der Waals surface area contributed by atoms with Crippen molar-refractivity contribution in [1.29, 1.82) is 0 Å². The zero-order valence-electron chi connectivity index (χ0n) is 15.4. The van der Waals surface area contributed by atoms with E-state index in [4.69, 9.17) is 21.4 Å². The quantitative estimate of drug-likeness (QED) is 0.365. The maximum atomic E-state index is 10.7. The van der Waals surface area contributed by atoms with Gasteiger partial charge in [0.05, 0.1) is 0 Å². The van der Waals surface area contributed by atoms with Crippen LogP contribution in [0.25, 0.3) is 28.0 Å². The van der Waals surface area contributed by atoms with E-state index in [0.29, 0.717) is 10.8 Å². The SMILES string of the molecule is O=C(O)C=Cc1ccc(Oc2c(-c3ccc(Cl)cc3)ccc3ccccc23)cc1. The van der Waals surface area contributed by atoms with Gasteiger partial charge in [0.25, 0.3) is 0 Å². The maximum Gasteiger partial charge on any atom is 0.328 e. The molecular weight excluding hydrogens is 384 g/mol. The van der Waals surface area contributed by atoms with Crippen LogP contribution in [0, 0.1) is 0 Å². The molecule has 0 amide bonds. The van der Waals surface area contributed by atoms with Crippen molar-refractivity contribution in [2.24, 2.45) is 0 Å². The predicted octanol–water partition coefficient (Wildman–Crippen LogP) is 7.05. The van der Waals surface area contributed by atoms with Gasteiger partial charge in [-0.15, -0.1) is 0 Å². The van der Waals surface area contributed by atoms with Crippen LogP contribution in [0.2, 0.25) is 5.02 Å². The Morgan fingerprint density at radius 1 is 0.862 bits per heavy atom. The fourth-order valence-electron chi connectivity index (χ4n) is 3.14. The van der Waals surface area contributed by atoms with Crippen LogP contribution in [0.3, 0.4) is 0 Å². The van der Waals surface area contributed by atoms with Gasteiger partial charge in [0.1, 0.15) is 11.5 Å². The van der Waals surface area contributed by atoms with E-state index >= 15 is 0 Å². The van der Waals surface area contributed by atoms with Gasteiger partial charge < -0.3 is 9.84 Å². The number of hydrogen-bond donors (Lipinski definition) is 1. The molecule has 142 valence electrons. The Labute approximate surface area is 173 Å². The van der Waals surface area contributed by atoms with Crippen molar-refractivity contribution >= 4 is 34.4 Å². The molecule has 0 aromatic heterocycles. The van der Waals surface area contributed by atoms with Gasteiger partial charge in [0.15, 0.2) is 0 Å². The molecule has 0 aliphatic heterocycles. The smallest absolute Gasteiger partial charge is 0.328 e. The van der Waals surface area contributed by atoms with Crippen LogP contribution in [-0.2, 0) is 4.79 Å². The van der Waals surface area contributed by atoms with Crippen molar-refractivity contribution in [2.75, 3.05) is 0 Å². The van der Waals surface area contributed by atoms with Gasteiger partial charge in [-0.1, -0.05) is 66.2 Å². The summed E-state index contributed by atoms with van der Waals surface area (Å²) in [5.41, 5.74) is 2.77. The number of rotatable bonds is 5. The van der Waals surface area contributed by atoms with Crippen LogP contribution in [0.15, 0.2) is 91.0 Å². The van der Waals surface area contributed by atoms with Crippen LogP contribution in [0.4, 0.5) is 0 Å². The number of fused-ring (bicyclic) bond motifs is 1. The maximum absolute atomic E-state index is 10.7. The Hall–Kier alpha value is -3.56. The molecule has 0 saturated carbocycles. The molecule has 3 nitrogen and oxygen atoms in total. The third kappa shape index (κ3) is 4.31. The molecule has 0 bridgehead atoms. The second kappa shape index (κ2) is 8.21. The largest absolute Gasteiger partial charge is 0.478 e. The number of aliphatic carboxylic acids is 1. The minimum absolute atomic E-state index is 0.670. The normalized spacial score (nSPS) is 11.1. The van der Waals surface area contributed by atoms with Crippen LogP contribution in [0.5, 0.6) is 11.5 Å². The molecule has 0 heterocycles. The molecule has 29 heavy (non-hydrogen) atoms. The van der Waals surface area contributed by atoms with E-state index in [-0.39, 0.29) is 0 Å². The van der Waals surface area contributed by atoms with Gasteiger partial charge in [-0.3, -0.25) is 0 Å². The lowest BCUT2D eigenvalue weighted by atomic mass is 9.99. The minimum atomic E-state index is -0.978. The molecule has 1 N–H and O–H groups in total. The second-order valence-corrected chi connectivity index (χ2v) is 6.95. The van der Waals surface area contributed by atoms with E-state index in [1.165, 1.54) is 0 Å². The van der Waals surface area contributed by atoms with E-state index in [2.05, 4.69) is 6.07 Å². The van der Waals surface area contributed by atoms with E-state index in [1.807, 2.05) is 78.9 Å². The second-order valence-electron chi connectivity index (χ2n) is 6.51. The Morgan fingerprint density at radius 3 is 2.31 bits per heavy atom. The van der Waals surface area contributed by atoms with Crippen LogP contribution in [-0.4, -0.2) is 11.1 Å². The number of halogens is 1. The lowest BCUT2D eigenvalue weighted by molar-refractivity contribution is -0.131. The molecule has 4 rings (SSSR count). The molecule has 0 aliphatic carbocycles. The van der Waals surface area contributed by atoms with Crippen molar-refractivity contribution < 1.29 is 14.6 Å². The number of ether oxygens (including phenoxy) is 1. The molecule has 4 aromatic rings. The number of benzene rings is 4. The van der Waals surface area contributed by atoms with E-state index in [0.717, 1.165) is 39.3 Å². The summed E-state index contributed by atoms with van der Waals surface area (Å²) in [6, 6.07) is 27.2. The van der Waals surface area contributed by atoms with Gasteiger partial charge >= 0.3 is 5.97 Å². The first kappa shape index (κ1) is 18.8. The van der Waals surface area contributed by atoms with Crippen molar-refractivity contribution in [2.45, 2.75) is 0 Å².